The molecule has 0 atom stereocenters. The molecule has 1 heterocycles. The predicted molar refractivity (Wildman–Crippen MR) is 100.0 cm³/mol. The van der Waals surface area contributed by atoms with Crippen LogP contribution in [-0.4, -0.2) is 20.2 Å². The quantitative estimate of drug-likeness (QED) is 0.503. The topological polar surface area (TPSA) is 54.0 Å². The van der Waals surface area contributed by atoms with E-state index in [0.717, 1.165) is 11.1 Å². The molecular weight excluding hydrogens is 344 g/mol. The predicted octanol–water partition coefficient (Wildman–Crippen LogP) is 4.55. The van der Waals surface area contributed by atoms with Gasteiger partial charge >= 0.3 is 5.97 Å². The molecule has 0 spiro atoms. The summed E-state index contributed by atoms with van der Waals surface area (Å²) in [5.74, 6) is 1.36. The lowest BCUT2D eigenvalue weighted by molar-refractivity contribution is -0.135. The monoisotopic (exact) mass is 362 g/mol. The van der Waals surface area contributed by atoms with Gasteiger partial charge in [-0.2, -0.15) is 0 Å². The first-order valence-electron chi connectivity index (χ1n) is 8.51. The molecule has 27 heavy (non-hydrogen) atoms. The molecule has 1 aliphatic heterocycles. The number of esters is 1. The zero-order valence-electron chi connectivity index (χ0n) is 15.0. The van der Waals surface area contributed by atoms with E-state index in [1.165, 1.54) is 14.2 Å². The maximum Gasteiger partial charge on any atom is 0.323 e. The first kappa shape index (κ1) is 17.0. The number of benzene rings is 3. The van der Waals surface area contributed by atoms with Crippen molar-refractivity contribution in [3.8, 4) is 28.7 Å². The summed E-state index contributed by atoms with van der Waals surface area (Å²) in [6, 6.07) is 20.1. The van der Waals surface area contributed by atoms with Crippen LogP contribution in [0.25, 0.3) is 0 Å². The molecule has 0 unspecified atom stereocenters. The number of para-hydroxylation sites is 3. The Labute approximate surface area is 157 Å². The zero-order valence-corrected chi connectivity index (χ0v) is 15.0. The van der Waals surface area contributed by atoms with Gasteiger partial charge in [-0.15, -0.1) is 0 Å². The smallest absolute Gasteiger partial charge is 0.323 e. The summed E-state index contributed by atoms with van der Waals surface area (Å²) in [6.45, 7) is 0. The molecule has 136 valence electrons. The molecule has 3 aromatic rings. The van der Waals surface area contributed by atoms with Crippen molar-refractivity contribution >= 4 is 5.97 Å². The molecule has 5 nitrogen and oxygen atoms in total. The normalized spacial score (nSPS) is 12.4. The van der Waals surface area contributed by atoms with Crippen molar-refractivity contribution < 1.29 is 23.7 Å². The molecule has 0 fully saturated rings. The lowest BCUT2D eigenvalue weighted by Gasteiger charge is -2.27. The number of carbonyl (C=O) groups is 1. The van der Waals surface area contributed by atoms with Crippen molar-refractivity contribution in [2.24, 2.45) is 0 Å². The molecule has 0 N–H and O–H groups in total. The van der Waals surface area contributed by atoms with Gasteiger partial charge in [-0.1, -0.05) is 42.5 Å². The van der Waals surface area contributed by atoms with Gasteiger partial charge in [-0.05, 0) is 24.3 Å². The van der Waals surface area contributed by atoms with E-state index >= 15 is 0 Å². The van der Waals surface area contributed by atoms with Crippen LogP contribution in [0.5, 0.6) is 28.7 Å². The summed E-state index contributed by atoms with van der Waals surface area (Å²) in [5, 5.41) is 0. The van der Waals surface area contributed by atoms with Crippen LogP contribution in [0.1, 0.15) is 17.0 Å². The lowest BCUT2D eigenvalue weighted by atomic mass is 9.88. The number of hydrogen-bond acceptors (Lipinski definition) is 5. The van der Waals surface area contributed by atoms with Gasteiger partial charge in [0.1, 0.15) is 17.4 Å². The van der Waals surface area contributed by atoms with Crippen LogP contribution >= 0.6 is 0 Å². The Bertz CT molecular complexity index is 928. The van der Waals surface area contributed by atoms with Crippen LogP contribution in [0.2, 0.25) is 0 Å². The van der Waals surface area contributed by atoms with Crippen molar-refractivity contribution in [2.45, 2.75) is 5.92 Å². The van der Waals surface area contributed by atoms with Crippen molar-refractivity contribution in [3.05, 3.63) is 77.9 Å². The summed E-state index contributed by atoms with van der Waals surface area (Å²) in [5.41, 5.74) is 1.52. The summed E-state index contributed by atoms with van der Waals surface area (Å²) < 4.78 is 22.4. The SMILES string of the molecule is COc1cccc(OC)c1OC(=O)C1c2ccccc2Oc2ccccc21. The van der Waals surface area contributed by atoms with Gasteiger partial charge in [0.15, 0.2) is 11.5 Å². The second kappa shape index (κ2) is 7.03. The number of ether oxygens (including phenoxy) is 4. The van der Waals surface area contributed by atoms with E-state index in [2.05, 4.69) is 0 Å². The van der Waals surface area contributed by atoms with Gasteiger partial charge in [0.25, 0.3) is 0 Å². The van der Waals surface area contributed by atoms with Gasteiger partial charge in [0.05, 0.1) is 14.2 Å². The van der Waals surface area contributed by atoms with Crippen LogP contribution in [0.4, 0.5) is 0 Å². The van der Waals surface area contributed by atoms with E-state index in [9.17, 15) is 4.79 Å². The second-order valence-corrected chi connectivity index (χ2v) is 6.02. The molecule has 0 aliphatic carbocycles. The van der Waals surface area contributed by atoms with E-state index in [-0.39, 0.29) is 5.75 Å². The largest absolute Gasteiger partial charge is 0.493 e. The third kappa shape index (κ3) is 2.97. The Hall–Kier alpha value is -3.47. The van der Waals surface area contributed by atoms with Crippen LogP contribution < -0.4 is 18.9 Å². The highest BCUT2D eigenvalue weighted by Crippen LogP contribution is 2.45. The number of methoxy groups -OCH3 is 2. The summed E-state index contributed by atoms with van der Waals surface area (Å²) in [7, 11) is 3.04. The Balaban J connectivity index is 1.78. The van der Waals surface area contributed by atoms with Gasteiger partial charge in [-0.3, -0.25) is 4.79 Å². The van der Waals surface area contributed by atoms with Gasteiger partial charge in [0, 0.05) is 11.1 Å². The molecule has 5 heteroatoms. The first-order chi connectivity index (χ1) is 13.2. The highest BCUT2D eigenvalue weighted by atomic mass is 16.6. The van der Waals surface area contributed by atoms with Crippen molar-refractivity contribution in [3.63, 3.8) is 0 Å². The van der Waals surface area contributed by atoms with Crippen molar-refractivity contribution in [1.29, 1.82) is 0 Å². The van der Waals surface area contributed by atoms with Gasteiger partial charge in [-0.25, -0.2) is 0 Å². The Kier molecular flexibility index (Phi) is 4.42. The van der Waals surface area contributed by atoms with E-state index in [4.69, 9.17) is 18.9 Å². The minimum absolute atomic E-state index is 0.258. The average molecular weight is 362 g/mol. The highest BCUT2D eigenvalue weighted by Gasteiger charge is 2.34. The molecule has 0 saturated heterocycles. The number of rotatable bonds is 4. The maximum atomic E-state index is 13.2. The van der Waals surface area contributed by atoms with Crippen LogP contribution in [0.15, 0.2) is 66.7 Å². The Morgan fingerprint density at radius 2 is 1.30 bits per heavy atom. The molecular formula is C22H18O5. The van der Waals surface area contributed by atoms with Crippen molar-refractivity contribution in [1.82, 2.24) is 0 Å². The summed E-state index contributed by atoms with van der Waals surface area (Å²) in [4.78, 5) is 13.2. The van der Waals surface area contributed by atoms with Crippen LogP contribution in [-0.2, 0) is 4.79 Å². The molecule has 1 aliphatic rings. The zero-order chi connectivity index (χ0) is 18.8. The number of hydrogen-bond donors (Lipinski definition) is 0. The Morgan fingerprint density at radius 1 is 0.778 bits per heavy atom. The standard InChI is InChI=1S/C22H18O5/c1-24-18-12-7-13-19(25-2)21(18)27-22(23)20-14-8-3-5-10-16(14)26-17-11-6-4-9-15(17)20/h3-13,20H,1-2H3. The maximum absolute atomic E-state index is 13.2. The minimum Gasteiger partial charge on any atom is -0.493 e. The molecule has 3 aromatic carbocycles. The second-order valence-electron chi connectivity index (χ2n) is 6.02. The third-order valence-electron chi connectivity index (χ3n) is 4.50. The highest BCUT2D eigenvalue weighted by molar-refractivity contribution is 5.87. The number of carbonyl (C=O) groups excluding carboxylic acids is 1. The Morgan fingerprint density at radius 3 is 1.81 bits per heavy atom. The average Bonchev–Trinajstić information content (AvgIpc) is 2.71. The molecule has 0 radical (unpaired) electrons. The molecule has 0 bridgehead atoms. The fraction of sp³-hybridized carbons (Fsp3) is 0.136. The number of fused-ring (bicyclic) bond motifs is 2. The first-order valence-corrected chi connectivity index (χ1v) is 8.51. The fourth-order valence-corrected chi connectivity index (χ4v) is 3.24. The molecule has 0 aromatic heterocycles. The van der Waals surface area contributed by atoms with E-state index < -0.39 is 11.9 Å². The fourth-order valence-electron chi connectivity index (χ4n) is 3.24. The van der Waals surface area contributed by atoms with Gasteiger partial charge < -0.3 is 18.9 Å². The molecule has 0 saturated carbocycles. The van der Waals surface area contributed by atoms with E-state index in [1.54, 1.807) is 18.2 Å². The van der Waals surface area contributed by atoms with Crippen LogP contribution in [0.3, 0.4) is 0 Å². The third-order valence-corrected chi connectivity index (χ3v) is 4.50. The van der Waals surface area contributed by atoms with E-state index in [1.807, 2.05) is 48.5 Å². The van der Waals surface area contributed by atoms with E-state index in [0.29, 0.717) is 23.0 Å². The van der Waals surface area contributed by atoms with Crippen LogP contribution in [0, 0.1) is 0 Å². The molecule has 0 amide bonds. The lowest BCUT2D eigenvalue weighted by Crippen LogP contribution is -2.23. The van der Waals surface area contributed by atoms with Gasteiger partial charge in [0.2, 0.25) is 5.75 Å². The molecule has 4 rings (SSSR count). The summed E-state index contributed by atoms with van der Waals surface area (Å²) in [6.07, 6.45) is 0. The minimum atomic E-state index is -0.610. The summed E-state index contributed by atoms with van der Waals surface area (Å²) >= 11 is 0. The van der Waals surface area contributed by atoms with Crippen molar-refractivity contribution in [2.75, 3.05) is 14.2 Å².